The summed E-state index contributed by atoms with van der Waals surface area (Å²) in [5.74, 6) is 0. The van der Waals surface area contributed by atoms with Gasteiger partial charge < -0.3 is 19.5 Å². The zero-order chi connectivity index (χ0) is 6.78. The predicted molar refractivity (Wildman–Crippen MR) is 24.2 cm³/mol. The molecule has 0 aliphatic heterocycles. The molecule has 0 fully saturated rings. The predicted octanol–water partition coefficient (Wildman–Crippen LogP) is -1.72. The summed E-state index contributed by atoms with van der Waals surface area (Å²) in [6, 6.07) is 0. The maximum Gasteiger partial charge on any atom is 0.0557 e. The second-order valence-corrected chi connectivity index (χ2v) is 3.23. The first-order chi connectivity index (χ1) is 3.42. The van der Waals surface area contributed by atoms with E-state index in [1.54, 1.807) is 0 Å². The quantitative estimate of drug-likeness (QED) is 0.460. The van der Waals surface area contributed by atoms with Crippen molar-refractivity contribution in [2.75, 3.05) is 6.16 Å². The van der Waals surface area contributed by atoms with Gasteiger partial charge in [0.1, 0.15) is 0 Å². The largest absolute Gasteiger partial charge is 0.811 e. The molecule has 0 spiro atoms. The van der Waals surface area contributed by atoms with Gasteiger partial charge >= 0.3 is 0 Å². The summed E-state index contributed by atoms with van der Waals surface area (Å²) in [4.78, 5) is 19.5. The fourth-order valence-electron chi connectivity index (χ4n) is 0.324. The number of aliphatic hydroxyl groups is 1. The molecule has 1 atom stereocenters. The van der Waals surface area contributed by atoms with Crippen molar-refractivity contribution >= 4 is 7.60 Å². The molecule has 0 bridgehead atoms. The first-order valence-electron chi connectivity index (χ1n) is 2.11. The van der Waals surface area contributed by atoms with Crippen LogP contribution in [0.3, 0.4) is 0 Å². The van der Waals surface area contributed by atoms with Crippen LogP contribution in [-0.4, -0.2) is 17.4 Å². The first kappa shape index (κ1) is 8.11. The maximum atomic E-state index is 9.75. The van der Waals surface area contributed by atoms with Gasteiger partial charge in [0.25, 0.3) is 0 Å². The minimum atomic E-state index is -4.47. The van der Waals surface area contributed by atoms with Crippen molar-refractivity contribution in [2.24, 2.45) is 0 Å². The average molecular weight is 138 g/mol. The SMILES string of the molecule is CC(O)CP(=O)([O-])[O-]. The molecule has 0 rings (SSSR count). The molecule has 1 N–H and O–H groups in total. The lowest BCUT2D eigenvalue weighted by Gasteiger charge is -2.30. The summed E-state index contributed by atoms with van der Waals surface area (Å²) >= 11 is 0. The summed E-state index contributed by atoms with van der Waals surface area (Å²) in [7, 11) is -4.47. The molecule has 0 heterocycles. The van der Waals surface area contributed by atoms with Crippen LogP contribution in [0.5, 0.6) is 0 Å². The van der Waals surface area contributed by atoms with Crippen LogP contribution < -0.4 is 9.79 Å². The minimum Gasteiger partial charge on any atom is -0.811 e. The Labute approximate surface area is 47.3 Å². The van der Waals surface area contributed by atoms with Gasteiger partial charge in [-0.1, -0.05) is 7.60 Å². The smallest absolute Gasteiger partial charge is 0.0557 e. The van der Waals surface area contributed by atoms with E-state index >= 15 is 0 Å². The highest BCUT2D eigenvalue weighted by Gasteiger charge is 1.96. The van der Waals surface area contributed by atoms with Gasteiger partial charge in [-0.2, -0.15) is 0 Å². The standard InChI is InChI=1S/C3H9O4P/c1-3(4)2-8(5,6)7/h3-4H,2H2,1H3,(H2,5,6,7)/p-2. The van der Waals surface area contributed by atoms with Crippen molar-refractivity contribution in [3.8, 4) is 0 Å². The molecule has 4 nitrogen and oxygen atoms in total. The van der Waals surface area contributed by atoms with E-state index in [1.807, 2.05) is 0 Å². The summed E-state index contributed by atoms with van der Waals surface area (Å²) < 4.78 is 9.75. The molecule has 0 aliphatic carbocycles. The fraction of sp³-hybridized carbons (Fsp3) is 1.00. The van der Waals surface area contributed by atoms with Crippen LogP contribution in [0.1, 0.15) is 6.92 Å². The molecule has 0 aromatic carbocycles. The van der Waals surface area contributed by atoms with Crippen LogP contribution in [0.2, 0.25) is 0 Å². The topological polar surface area (TPSA) is 83.4 Å². The van der Waals surface area contributed by atoms with Gasteiger partial charge in [0, 0.05) is 6.16 Å². The highest BCUT2D eigenvalue weighted by atomic mass is 31.2. The Bertz CT molecular complexity index is 104. The lowest BCUT2D eigenvalue weighted by atomic mass is 10.5. The molecule has 0 radical (unpaired) electrons. The van der Waals surface area contributed by atoms with Crippen LogP contribution in [0.25, 0.3) is 0 Å². The zero-order valence-corrected chi connectivity index (χ0v) is 5.30. The van der Waals surface area contributed by atoms with Gasteiger partial charge in [0.2, 0.25) is 0 Å². The lowest BCUT2D eigenvalue weighted by Crippen LogP contribution is -2.22. The number of hydrogen-bond donors (Lipinski definition) is 1. The summed E-state index contributed by atoms with van der Waals surface area (Å²) in [5.41, 5.74) is 0. The van der Waals surface area contributed by atoms with Gasteiger partial charge in [-0.3, -0.25) is 0 Å². The van der Waals surface area contributed by atoms with Gasteiger partial charge in [-0.15, -0.1) is 0 Å². The number of aliphatic hydroxyl groups excluding tert-OH is 1. The second kappa shape index (κ2) is 2.60. The van der Waals surface area contributed by atoms with E-state index in [-0.39, 0.29) is 0 Å². The van der Waals surface area contributed by atoms with Crippen molar-refractivity contribution in [1.82, 2.24) is 0 Å². The van der Waals surface area contributed by atoms with Crippen LogP contribution in [0.4, 0.5) is 0 Å². The van der Waals surface area contributed by atoms with Crippen molar-refractivity contribution in [2.45, 2.75) is 13.0 Å². The van der Waals surface area contributed by atoms with Gasteiger partial charge in [0.05, 0.1) is 6.10 Å². The molecule has 0 saturated carbocycles. The molecule has 1 unspecified atom stereocenters. The van der Waals surface area contributed by atoms with E-state index in [0.717, 1.165) is 0 Å². The minimum absolute atomic E-state index is 0.674. The summed E-state index contributed by atoms with van der Waals surface area (Å²) in [6.07, 6.45) is -1.72. The van der Waals surface area contributed by atoms with E-state index in [1.165, 1.54) is 6.92 Å². The third kappa shape index (κ3) is 6.11. The van der Waals surface area contributed by atoms with Gasteiger partial charge in [-0.05, 0) is 6.92 Å². The van der Waals surface area contributed by atoms with Gasteiger partial charge in [-0.25, -0.2) is 0 Å². The van der Waals surface area contributed by atoms with E-state index in [2.05, 4.69) is 0 Å². The molecule has 0 aliphatic rings. The third-order valence-corrected chi connectivity index (χ3v) is 1.46. The van der Waals surface area contributed by atoms with E-state index in [4.69, 9.17) is 5.11 Å². The Balaban J connectivity index is 3.56. The molecule has 5 heteroatoms. The molecule has 0 saturated heterocycles. The normalized spacial score (nSPS) is 16.0. The van der Waals surface area contributed by atoms with E-state index < -0.39 is 19.9 Å². The second-order valence-electron chi connectivity index (χ2n) is 1.64. The van der Waals surface area contributed by atoms with Crippen molar-refractivity contribution in [3.05, 3.63) is 0 Å². The summed E-state index contributed by atoms with van der Waals surface area (Å²) in [5, 5.41) is 8.32. The zero-order valence-electron chi connectivity index (χ0n) is 4.40. The van der Waals surface area contributed by atoms with Gasteiger partial charge in [0.15, 0.2) is 0 Å². The molecule has 50 valence electrons. The van der Waals surface area contributed by atoms with Crippen LogP contribution in [0.15, 0.2) is 0 Å². The van der Waals surface area contributed by atoms with Crippen LogP contribution in [-0.2, 0) is 4.57 Å². The van der Waals surface area contributed by atoms with E-state index in [9.17, 15) is 14.4 Å². The van der Waals surface area contributed by atoms with Crippen LogP contribution >= 0.6 is 7.60 Å². The number of rotatable bonds is 2. The Morgan fingerprint density at radius 3 is 2.12 bits per heavy atom. The highest BCUT2D eigenvalue weighted by molar-refractivity contribution is 7.48. The van der Waals surface area contributed by atoms with Crippen molar-refractivity contribution in [1.29, 1.82) is 0 Å². The van der Waals surface area contributed by atoms with E-state index in [0.29, 0.717) is 0 Å². The van der Waals surface area contributed by atoms with Crippen molar-refractivity contribution in [3.63, 3.8) is 0 Å². The Hall–Kier alpha value is 0.110. The Kier molecular flexibility index (Phi) is 2.63. The molecule has 0 aromatic heterocycles. The fourth-order valence-corrected chi connectivity index (χ4v) is 0.971. The highest BCUT2D eigenvalue weighted by Crippen LogP contribution is 2.23. The maximum absolute atomic E-state index is 9.75. The lowest BCUT2D eigenvalue weighted by molar-refractivity contribution is -0.314. The molecule has 0 amide bonds. The Morgan fingerprint density at radius 2 is 2.12 bits per heavy atom. The Morgan fingerprint density at radius 1 is 1.75 bits per heavy atom. The monoisotopic (exact) mass is 138 g/mol. The molecule has 0 aromatic rings. The molecular weight excluding hydrogens is 131 g/mol. The third-order valence-electron chi connectivity index (χ3n) is 0.488. The number of hydrogen-bond acceptors (Lipinski definition) is 4. The van der Waals surface area contributed by atoms with Crippen molar-refractivity contribution < 1.29 is 19.5 Å². The van der Waals surface area contributed by atoms with Crippen LogP contribution in [0, 0.1) is 0 Å². The molecule has 8 heavy (non-hydrogen) atoms. The first-order valence-corrected chi connectivity index (χ1v) is 3.84. The average Bonchev–Trinajstić information content (AvgIpc) is 1.21. The summed E-state index contributed by atoms with van der Waals surface area (Å²) in [6.45, 7) is 1.25. The molecular formula is C3H7O4P-2.